The fraction of sp³-hybridized carbons (Fsp3) is 0. The van der Waals surface area contributed by atoms with Crippen molar-refractivity contribution in [1.29, 1.82) is 0 Å². The molecule has 0 saturated carbocycles. The number of aldehydes is 1. The number of carbonyl (C=O) groups is 1. The Labute approximate surface area is 75.6 Å². The second kappa shape index (κ2) is 3.93. The van der Waals surface area contributed by atoms with Crippen molar-refractivity contribution in [3.05, 3.63) is 34.9 Å². The van der Waals surface area contributed by atoms with Gasteiger partial charge in [0.25, 0.3) is 0 Å². The minimum atomic E-state index is 0.549. The van der Waals surface area contributed by atoms with Crippen molar-refractivity contribution in [2.24, 2.45) is 0 Å². The Morgan fingerprint density at radius 3 is 2.75 bits per heavy atom. The van der Waals surface area contributed by atoms with Crippen LogP contribution in [0.15, 0.2) is 24.3 Å². The van der Waals surface area contributed by atoms with Gasteiger partial charge in [-0.3, -0.25) is 4.79 Å². The predicted molar refractivity (Wildman–Crippen MR) is 51.0 cm³/mol. The van der Waals surface area contributed by atoms with Crippen LogP contribution in [0.4, 0.5) is 5.69 Å². The van der Waals surface area contributed by atoms with Gasteiger partial charge in [-0.1, -0.05) is 23.7 Å². The smallest absolute Gasteiger partial charge is 0.142 e. The molecule has 3 heteroatoms. The summed E-state index contributed by atoms with van der Waals surface area (Å²) in [6, 6.07) is 5.14. The van der Waals surface area contributed by atoms with Gasteiger partial charge in [-0.2, -0.15) is 0 Å². The topological polar surface area (TPSA) is 43.1 Å². The van der Waals surface area contributed by atoms with Crippen LogP contribution in [0.5, 0.6) is 0 Å². The number of carbonyl (C=O) groups excluding carboxylic acids is 1. The fourth-order valence-corrected chi connectivity index (χ4v) is 1.07. The lowest BCUT2D eigenvalue weighted by Crippen LogP contribution is -1.84. The number of nitrogen functional groups attached to an aromatic ring is 1. The second-order valence-electron chi connectivity index (χ2n) is 2.28. The van der Waals surface area contributed by atoms with Gasteiger partial charge in [0.2, 0.25) is 0 Å². The van der Waals surface area contributed by atoms with Crippen LogP contribution in [-0.2, 0) is 4.79 Å². The summed E-state index contributed by atoms with van der Waals surface area (Å²) in [5, 5.41) is 0.549. The van der Waals surface area contributed by atoms with Crippen LogP contribution >= 0.6 is 11.6 Å². The Bertz CT molecular complexity index is 320. The zero-order valence-corrected chi connectivity index (χ0v) is 7.08. The molecular formula is C9H8ClNO. The van der Waals surface area contributed by atoms with Crippen molar-refractivity contribution in [2.45, 2.75) is 0 Å². The summed E-state index contributed by atoms with van der Waals surface area (Å²) >= 11 is 5.82. The van der Waals surface area contributed by atoms with E-state index in [-0.39, 0.29) is 0 Å². The molecule has 1 aromatic carbocycles. The van der Waals surface area contributed by atoms with Gasteiger partial charge >= 0.3 is 0 Å². The van der Waals surface area contributed by atoms with Crippen molar-refractivity contribution < 1.29 is 4.79 Å². The molecule has 0 fully saturated rings. The summed E-state index contributed by atoms with van der Waals surface area (Å²) in [6.07, 6.45) is 3.72. The Balaban J connectivity index is 3.01. The molecule has 0 atom stereocenters. The highest BCUT2D eigenvalue weighted by Gasteiger charge is 1.95. The molecule has 12 heavy (non-hydrogen) atoms. The van der Waals surface area contributed by atoms with E-state index >= 15 is 0 Å². The van der Waals surface area contributed by atoms with Crippen molar-refractivity contribution in [1.82, 2.24) is 0 Å². The molecule has 0 bridgehead atoms. The Kier molecular flexibility index (Phi) is 2.88. The van der Waals surface area contributed by atoms with Gasteiger partial charge in [0.1, 0.15) is 6.29 Å². The van der Waals surface area contributed by atoms with Crippen LogP contribution in [0.3, 0.4) is 0 Å². The minimum Gasteiger partial charge on any atom is -0.399 e. The second-order valence-corrected chi connectivity index (χ2v) is 2.68. The maximum absolute atomic E-state index is 10.0. The molecule has 2 N–H and O–H groups in total. The van der Waals surface area contributed by atoms with Crippen molar-refractivity contribution in [3.8, 4) is 0 Å². The van der Waals surface area contributed by atoms with Gasteiger partial charge < -0.3 is 5.73 Å². The molecule has 0 radical (unpaired) electrons. The largest absolute Gasteiger partial charge is 0.399 e. The van der Waals surface area contributed by atoms with Crippen molar-refractivity contribution >= 4 is 29.7 Å². The number of hydrogen-bond acceptors (Lipinski definition) is 2. The summed E-state index contributed by atoms with van der Waals surface area (Å²) < 4.78 is 0. The number of benzene rings is 1. The van der Waals surface area contributed by atoms with Gasteiger partial charge in [0, 0.05) is 10.7 Å². The van der Waals surface area contributed by atoms with Crippen LogP contribution < -0.4 is 5.73 Å². The monoisotopic (exact) mass is 181 g/mol. The molecule has 0 spiro atoms. The van der Waals surface area contributed by atoms with Gasteiger partial charge in [0.15, 0.2) is 0 Å². The lowest BCUT2D eigenvalue weighted by molar-refractivity contribution is -0.104. The molecule has 2 nitrogen and oxygen atoms in total. The molecule has 0 aromatic heterocycles. The normalized spacial score (nSPS) is 10.4. The summed E-state index contributed by atoms with van der Waals surface area (Å²) in [6.45, 7) is 0. The van der Waals surface area contributed by atoms with E-state index in [4.69, 9.17) is 17.3 Å². The number of rotatable bonds is 2. The SMILES string of the molecule is Nc1ccc(C=CC=O)c(Cl)c1. The van der Waals surface area contributed by atoms with E-state index in [1.165, 1.54) is 6.08 Å². The molecule has 0 aliphatic rings. The zero-order valence-electron chi connectivity index (χ0n) is 6.33. The Hall–Kier alpha value is -1.28. The standard InChI is InChI=1S/C9H8ClNO/c10-9-6-8(11)4-3-7(9)2-1-5-12/h1-6H,11H2. The maximum atomic E-state index is 10.0. The van der Waals surface area contributed by atoms with Crippen LogP contribution in [-0.4, -0.2) is 6.29 Å². The van der Waals surface area contributed by atoms with E-state index in [2.05, 4.69) is 0 Å². The highest BCUT2D eigenvalue weighted by molar-refractivity contribution is 6.32. The predicted octanol–water partition coefficient (Wildman–Crippen LogP) is 2.13. The van der Waals surface area contributed by atoms with E-state index in [0.717, 1.165) is 5.56 Å². The third-order valence-electron chi connectivity index (χ3n) is 1.38. The van der Waals surface area contributed by atoms with E-state index in [0.29, 0.717) is 17.0 Å². The summed E-state index contributed by atoms with van der Waals surface area (Å²) in [4.78, 5) is 10.0. The van der Waals surface area contributed by atoms with Gasteiger partial charge in [0.05, 0.1) is 0 Å². The van der Waals surface area contributed by atoms with Crippen molar-refractivity contribution in [3.63, 3.8) is 0 Å². The minimum absolute atomic E-state index is 0.549. The number of nitrogens with two attached hydrogens (primary N) is 1. The van der Waals surface area contributed by atoms with Crippen LogP contribution in [0, 0.1) is 0 Å². The molecular weight excluding hydrogens is 174 g/mol. The Morgan fingerprint density at radius 2 is 2.17 bits per heavy atom. The first-order chi connectivity index (χ1) is 5.74. The first-order valence-electron chi connectivity index (χ1n) is 3.41. The van der Waals surface area contributed by atoms with Crippen LogP contribution in [0.2, 0.25) is 5.02 Å². The van der Waals surface area contributed by atoms with Gasteiger partial charge in [-0.05, 0) is 23.8 Å². The molecule has 0 unspecified atom stereocenters. The average molecular weight is 182 g/mol. The van der Waals surface area contributed by atoms with E-state index < -0.39 is 0 Å². The van der Waals surface area contributed by atoms with Gasteiger partial charge in [-0.25, -0.2) is 0 Å². The summed E-state index contributed by atoms with van der Waals surface area (Å²) in [5.74, 6) is 0. The van der Waals surface area contributed by atoms with E-state index in [1.54, 1.807) is 24.3 Å². The van der Waals surface area contributed by atoms with E-state index in [1.807, 2.05) is 0 Å². The fourth-order valence-electron chi connectivity index (χ4n) is 0.822. The molecule has 1 aromatic rings. The quantitative estimate of drug-likeness (QED) is 0.432. The first-order valence-corrected chi connectivity index (χ1v) is 3.78. The average Bonchev–Trinajstić information content (AvgIpc) is 2.03. The summed E-state index contributed by atoms with van der Waals surface area (Å²) in [7, 11) is 0. The third-order valence-corrected chi connectivity index (χ3v) is 1.71. The summed E-state index contributed by atoms with van der Waals surface area (Å²) in [5.41, 5.74) is 6.88. The zero-order chi connectivity index (χ0) is 8.97. The molecule has 1 rings (SSSR count). The molecule has 0 aliphatic carbocycles. The third kappa shape index (κ3) is 2.10. The number of halogens is 1. The highest BCUT2D eigenvalue weighted by Crippen LogP contribution is 2.19. The van der Waals surface area contributed by atoms with Crippen molar-refractivity contribution in [2.75, 3.05) is 5.73 Å². The number of hydrogen-bond donors (Lipinski definition) is 1. The highest BCUT2D eigenvalue weighted by atomic mass is 35.5. The lowest BCUT2D eigenvalue weighted by atomic mass is 10.2. The van der Waals surface area contributed by atoms with E-state index in [9.17, 15) is 4.79 Å². The molecule has 0 amide bonds. The Morgan fingerprint density at radius 1 is 1.42 bits per heavy atom. The molecule has 0 saturated heterocycles. The molecule has 0 heterocycles. The molecule has 0 aliphatic heterocycles. The maximum Gasteiger partial charge on any atom is 0.142 e. The lowest BCUT2D eigenvalue weighted by Gasteiger charge is -1.98. The van der Waals surface area contributed by atoms with Crippen LogP contribution in [0.1, 0.15) is 5.56 Å². The first kappa shape index (κ1) is 8.81. The molecule has 62 valence electrons. The van der Waals surface area contributed by atoms with Gasteiger partial charge in [-0.15, -0.1) is 0 Å². The van der Waals surface area contributed by atoms with Crippen LogP contribution in [0.25, 0.3) is 6.08 Å². The number of anilines is 1. The number of allylic oxidation sites excluding steroid dienone is 1.